The maximum absolute atomic E-state index is 13.0. The third-order valence-corrected chi connectivity index (χ3v) is 6.05. The average molecular weight is 388 g/mol. The number of hydrogen-bond acceptors (Lipinski definition) is 3. The number of hydrogen-bond donors (Lipinski definition) is 0. The predicted molar refractivity (Wildman–Crippen MR) is 118 cm³/mol. The SMILES string of the molecule is C[C@H](CN1[C@H](C)CCC[C@H]1C)OC(=O)c1cc(C(C)(C)C)cc(C(C)(C)C)c1. The summed E-state index contributed by atoms with van der Waals surface area (Å²) in [6, 6.07) is 7.37. The number of ether oxygens (including phenoxy) is 1. The zero-order valence-electron chi connectivity index (χ0n) is 19.6. The monoisotopic (exact) mass is 387 g/mol. The smallest absolute Gasteiger partial charge is 0.338 e. The number of nitrogens with zero attached hydrogens (tertiary/aromatic N) is 1. The van der Waals surface area contributed by atoms with Crippen molar-refractivity contribution in [2.45, 2.75) is 111 Å². The highest BCUT2D eigenvalue weighted by Crippen LogP contribution is 2.31. The Bertz CT molecular complexity index is 639. The Kier molecular flexibility index (Phi) is 7.02. The minimum absolute atomic E-state index is 0.0133. The molecule has 2 rings (SSSR count). The van der Waals surface area contributed by atoms with Crippen molar-refractivity contribution in [3.8, 4) is 0 Å². The van der Waals surface area contributed by atoms with Crippen molar-refractivity contribution in [3.05, 3.63) is 34.9 Å². The summed E-state index contributed by atoms with van der Waals surface area (Å²) in [7, 11) is 0. The second-order valence-electron chi connectivity index (χ2n) is 10.8. The molecular weight excluding hydrogens is 346 g/mol. The molecule has 0 N–H and O–H groups in total. The first-order chi connectivity index (χ1) is 12.8. The number of benzene rings is 1. The number of carbonyl (C=O) groups excluding carboxylic acids is 1. The molecule has 1 saturated heterocycles. The van der Waals surface area contributed by atoms with Crippen molar-refractivity contribution in [2.24, 2.45) is 0 Å². The molecule has 0 aromatic heterocycles. The first-order valence-corrected chi connectivity index (χ1v) is 10.9. The molecule has 158 valence electrons. The summed E-state index contributed by atoms with van der Waals surface area (Å²) in [6.07, 6.45) is 3.63. The molecule has 1 aliphatic rings. The lowest BCUT2D eigenvalue weighted by atomic mass is 9.79. The Morgan fingerprint density at radius 3 is 1.89 bits per heavy atom. The Balaban J connectivity index is 2.18. The molecule has 0 bridgehead atoms. The van der Waals surface area contributed by atoms with Crippen LogP contribution in [0.1, 0.15) is 103 Å². The van der Waals surface area contributed by atoms with Crippen LogP contribution in [-0.4, -0.2) is 35.6 Å². The standard InChI is InChI=1S/C25H41NO2/c1-17-11-10-12-18(2)26(17)16-19(3)28-23(27)20-13-21(24(4,5)6)15-22(14-20)25(7,8)9/h13-15,17-19H,10-12,16H2,1-9H3/t17-,18-,19-/m1/s1. The van der Waals surface area contributed by atoms with E-state index >= 15 is 0 Å². The van der Waals surface area contributed by atoms with Crippen molar-refractivity contribution in [1.29, 1.82) is 0 Å². The van der Waals surface area contributed by atoms with Gasteiger partial charge in [0.2, 0.25) is 0 Å². The Morgan fingerprint density at radius 1 is 1.00 bits per heavy atom. The van der Waals surface area contributed by atoms with Gasteiger partial charge in [-0.05, 0) is 67.7 Å². The van der Waals surface area contributed by atoms with Crippen molar-refractivity contribution in [3.63, 3.8) is 0 Å². The zero-order valence-corrected chi connectivity index (χ0v) is 19.6. The topological polar surface area (TPSA) is 29.5 Å². The molecule has 1 aromatic rings. The molecule has 0 unspecified atom stereocenters. The molecule has 28 heavy (non-hydrogen) atoms. The molecule has 3 atom stereocenters. The van der Waals surface area contributed by atoms with E-state index < -0.39 is 0 Å². The van der Waals surface area contributed by atoms with Gasteiger partial charge >= 0.3 is 5.97 Å². The van der Waals surface area contributed by atoms with E-state index in [-0.39, 0.29) is 22.9 Å². The quantitative estimate of drug-likeness (QED) is 0.586. The second-order valence-corrected chi connectivity index (χ2v) is 10.8. The summed E-state index contributed by atoms with van der Waals surface area (Å²) in [4.78, 5) is 15.5. The minimum Gasteiger partial charge on any atom is -0.458 e. The van der Waals surface area contributed by atoms with Crippen LogP contribution in [0.3, 0.4) is 0 Å². The van der Waals surface area contributed by atoms with Gasteiger partial charge in [-0.2, -0.15) is 0 Å². The first kappa shape index (κ1) is 22.9. The average Bonchev–Trinajstić information content (AvgIpc) is 2.56. The fourth-order valence-corrected chi connectivity index (χ4v) is 4.03. The van der Waals surface area contributed by atoms with E-state index in [1.54, 1.807) is 0 Å². The van der Waals surface area contributed by atoms with E-state index in [1.165, 1.54) is 30.4 Å². The number of rotatable bonds is 4. The maximum atomic E-state index is 13.0. The zero-order chi connectivity index (χ0) is 21.3. The van der Waals surface area contributed by atoms with Gasteiger partial charge < -0.3 is 4.74 Å². The summed E-state index contributed by atoms with van der Waals surface area (Å²) in [5.41, 5.74) is 3.00. The fraction of sp³-hybridized carbons (Fsp3) is 0.720. The van der Waals surface area contributed by atoms with Crippen LogP contribution in [0.4, 0.5) is 0 Å². The molecule has 3 nitrogen and oxygen atoms in total. The first-order valence-electron chi connectivity index (χ1n) is 10.9. The summed E-state index contributed by atoms with van der Waals surface area (Å²) in [5.74, 6) is -0.207. The van der Waals surface area contributed by atoms with Crippen LogP contribution in [0.25, 0.3) is 0 Å². The van der Waals surface area contributed by atoms with Crippen LogP contribution in [-0.2, 0) is 15.6 Å². The minimum atomic E-state index is -0.207. The van der Waals surface area contributed by atoms with Gasteiger partial charge in [-0.1, -0.05) is 54.0 Å². The van der Waals surface area contributed by atoms with Crippen LogP contribution in [0.5, 0.6) is 0 Å². The van der Waals surface area contributed by atoms with Gasteiger partial charge in [0.1, 0.15) is 6.10 Å². The van der Waals surface area contributed by atoms with Gasteiger partial charge in [0.05, 0.1) is 5.56 Å². The van der Waals surface area contributed by atoms with Crippen LogP contribution in [0, 0.1) is 0 Å². The third-order valence-electron chi connectivity index (χ3n) is 6.05. The van der Waals surface area contributed by atoms with Crippen molar-refractivity contribution < 1.29 is 9.53 Å². The van der Waals surface area contributed by atoms with E-state index in [0.717, 1.165) is 6.54 Å². The van der Waals surface area contributed by atoms with E-state index in [1.807, 2.05) is 19.1 Å². The molecule has 1 aromatic carbocycles. The number of piperidine rings is 1. The molecular formula is C25H41NO2. The van der Waals surface area contributed by atoms with Crippen LogP contribution in [0.15, 0.2) is 18.2 Å². The van der Waals surface area contributed by atoms with Crippen molar-refractivity contribution in [2.75, 3.05) is 6.54 Å². The van der Waals surface area contributed by atoms with Gasteiger partial charge in [0.15, 0.2) is 0 Å². The van der Waals surface area contributed by atoms with E-state index in [9.17, 15) is 4.79 Å². The molecule has 3 heteroatoms. The molecule has 0 spiro atoms. The van der Waals surface area contributed by atoms with E-state index in [2.05, 4.69) is 66.4 Å². The normalized spacial score (nSPS) is 22.8. The highest BCUT2D eigenvalue weighted by molar-refractivity contribution is 5.90. The highest BCUT2D eigenvalue weighted by atomic mass is 16.5. The largest absolute Gasteiger partial charge is 0.458 e. The fourth-order valence-electron chi connectivity index (χ4n) is 4.03. The molecule has 0 saturated carbocycles. The van der Waals surface area contributed by atoms with Gasteiger partial charge in [-0.15, -0.1) is 0 Å². The van der Waals surface area contributed by atoms with Crippen LogP contribution >= 0.6 is 0 Å². The molecule has 0 aliphatic carbocycles. The summed E-state index contributed by atoms with van der Waals surface area (Å²) in [6.45, 7) is 20.5. The molecule has 1 aliphatic heterocycles. The lowest BCUT2D eigenvalue weighted by Gasteiger charge is -2.40. The van der Waals surface area contributed by atoms with Crippen molar-refractivity contribution in [1.82, 2.24) is 4.90 Å². The lowest BCUT2D eigenvalue weighted by molar-refractivity contribution is 0.00809. The van der Waals surface area contributed by atoms with Gasteiger partial charge in [0.25, 0.3) is 0 Å². The van der Waals surface area contributed by atoms with Gasteiger partial charge in [-0.25, -0.2) is 4.79 Å². The molecule has 0 amide bonds. The predicted octanol–water partition coefficient (Wildman–Crippen LogP) is 6.09. The number of esters is 1. The van der Waals surface area contributed by atoms with Crippen molar-refractivity contribution >= 4 is 5.97 Å². The Morgan fingerprint density at radius 2 is 1.46 bits per heavy atom. The maximum Gasteiger partial charge on any atom is 0.338 e. The molecule has 0 radical (unpaired) electrons. The summed E-state index contributed by atoms with van der Waals surface area (Å²) in [5, 5.41) is 0. The Hall–Kier alpha value is -1.35. The van der Waals surface area contributed by atoms with E-state index in [0.29, 0.717) is 17.6 Å². The number of carbonyl (C=O) groups is 1. The lowest BCUT2D eigenvalue weighted by Crippen LogP contribution is -2.47. The van der Waals surface area contributed by atoms with Gasteiger partial charge in [0, 0.05) is 18.6 Å². The highest BCUT2D eigenvalue weighted by Gasteiger charge is 2.28. The van der Waals surface area contributed by atoms with Gasteiger partial charge in [-0.3, -0.25) is 4.90 Å². The van der Waals surface area contributed by atoms with Crippen LogP contribution < -0.4 is 0 Å². The third kappa shape index (κ3) is 5.83. The summed E-state index contributed by atoms with van der Waals surface area (Å²) < 4.78 is 5.89. The van der Waals surface area contributed by atoms with E-state index in [4.69, 9.17) is 4.74 Å². The molecule has 1 fully saturated rings. The second kappa shape index (κ2) is 8.57. The number of likely N-dealkylation sites (tertiary alicyclic amines) is 1. The Labute approximate surface area is 172 Å². The summed E-state index contributed by atoms with van der Waals surface area (Å²) >= 11 is 0. The van der Waals surface area contributed by atoms with Crippen LogP contribution in [0.2, 0.25) is 0 Å². The molecule has 1 heterocycles.